The van der Waals surface area contributed by atoms with Gasteiger partial charge in [0.15, 0.2) is 5.82 Å². The number of nitrogens with zero attached hydrogens (tertiary/aromatic N) is 4. The van der Waals surface area contributed by atoms with Gasteiger partial charge in [0.2, 0.25) is 0 Å². The maximum atomic E-state index is 12.5. The second kappa shape index (κ2) is 8.34. The molecule has 3 heterocycles. The highest BCUT2D eigenvalue weighted by molar-refractivity contribution is 7.13. The van der Waals surface area contributed by atoms with Gasteiger partial charge in [-0.15, -0.1) is 21.5 Å². The number of anilines is 2. The summed E-state index contributed by atoms with van der Waals surface area (Å²) in [6, 6.07) is 12.8. The van der Waals surface area contributed by atoms with Crippen LogP contribution in [0.4, 0.5) is 16.3 Å². The van der Waals surface area contributed by atoms with Crippen LogP contribution in [0, 0.1) is 0 Å². The lowest BCUT2D eigenvalue weighted by atomic mass is 10.3. The van der Waals surface area contributed by atoms with Gasteiger partial charge >= 0.3 is 6.03 Å². The Balaban J connectivity index is 1.35. The van der Waals surface area contributed by atoms with E-state index < -0.39 is 0 Å². The predicted octanol–water partition coefficient (Wildman–Crippen LogP) is 4.87. The smallest absolute Gasteiger partial charge is 0.322 e. The van der Waals surface area contributed by atoms with Gasteiger partial charge in [0, 0.05) is 31.2 Å². The van der Waals surface area contributed by atoms with E-state index in [0.29, 0.717) is 41.9 Å². The molecule has 2 aromatic heterocycles. The van der Waals surface area contributed by atoms with Gasteiger partial charge in [0.05, 0.1) is 15.6 Å². The van der Waals surface area contributed by atoms with Gasteiger partial charge in [-0.25, -0.2) is 4.79 Å². The van der Waals surface area contributed by atoms with E-state index in [1.807, 2.05) is 29.6 Å². The molecule has 1 saturated heterocycles. The van der Waals surface area contributed by atoms with E-state index in [-0.39, 0.29) is 6.03 Å². The van der Waals surface area contributed by atoms with E-state index >= 15 is 0 Å². The summed E-state index contributed by atoms with van der Waals surface area (Å²) in [7, 11) is 0. The molecule has 6 nitrogen and oxygen atoms in total. The highest BCUT2D eigenvalue weighted by atomic mass is 35.5. The lowest BCUT2D eigenvalue weighted by Crippen LogP contribution is -2.50. The number of hydrogen-bond donors (Lipinski definition) is 1. The fraction of sp³-hybridized carbons (Fsp3) is 0.211. The normalized spacial score (nSPS) is 14.2. The number of urea groups is 1. The van der Waals surface area contributed by atoms with Crippen molar-refractivity contribution in [3.8, 4) is 10.6 Å². The molecule has 1 aliphatic rings. The van der Waals surface area contributed by atoms with Gasteiger partial charge in [-0.2, -0.15) is 0 Å². The van der Waals surface area contributed by atoms with Crippen LogP contribution in [0.5, 0.6) is 0 Å². The van der Waals surface area contributed by atoms with Gasteiger partial charge < -0.3 is 15.1 Å². The van der Waals surface area contributed by atoms with Gasteiger partial charge in [-0.3, -0.25) is 0 Å². The molecule has 0 atom stereocenters. The number of nitrogens with one attached hydrogen (secondary N) is 1. The molecule has 0 bridgehead atoms. The van der Waals surface area contributed by atoms with Crippen molar-refractivity contribution in [3.05, 3.63) is 57.9 Å². The first-order valence-electron chi connectivity index (χ1n) is 8.74. The van der Waals surface area contributed by atoms with Crippen molar-refractivity contribution in [2.45, 2.75) is 0 Å². The summed E-state index contributed by atoms with van der Waals surface area (Å²) in [5, 5.41) is 14.5. The number of piperazine rings is 1. The highest BCUT2D eigenvalue weighted by Gasteiger charge is 2.22. The molecule has 28 heavy (non-hydrogen) atoms. The van der Waals surface area contributed by atoms with Crippen molar-refractivity contribution in [1.29, 1.82) is 0 Å². The van der Waals surface area contributed by atoms with Crippen molar-refractivity contribution in [2.24, 2.45) is 0 Å². The summed E-state index contributed by atoms with van der Waals surface area (Å²) < 4.78 is 0. The Kier molecular flexibility index (Phi) is 5.66. The lowest BCUT2D eigenvalue weighted by Gasteiger charge is -2.35. The third-order valence-corrected chi connectivity index (χ3v) is 5.94. The van der Waals surface area contributed by atoms with E-state index in [2.05, 4.69) is 20.4 Å². The first kappa shape index (κ1) is 19.0. The van der Waals surface area contributed by atoms with Crippen molar-refractivity contribution in [3.63, 3.8) is 0 Å². The number of thiophene rings is 1. The zero-order valence-electron chi connectivity index (χ0n) is 14.8. The van der Waals surface area contributed by atoms with Crippen LogP contribution < -0.4 is 10.2 Å². The standard InChI is InChI=1S/C19H17Cl2N5OS/c20-13-3-4-14(21)16(12-13)22-19(27)26-9-7-25(8-10-26)18-6-5-15(23-24-18)17-2-1-11-28-17/h1-6,11-12H,7-10H2,(H,22,27). The molecule has 0 aliphatic carbocycles. The minimum atomic E-state index is -0.192. The van der Waals surface area contributed by atoms with Crippen molar-refractivity contribution in [2.75, 3.05) is 36.4 Å². The number of halogens is 2. The number of amides is 2. The minimum absolute atomic E-state index is 0.192. The van der Waals surface area contributed by atoms with Gasteiger partial charge in [0.1, 0.15) is 5.69 Å². The Labute approximate surface area is 176 Å². The van der Waals surface area contributed by atoms with Crippen LogP contribution in [0.15, 0.2) is 47.8 Å². The molecular weight excluding hydrogens is 417 g/mol. The Hall–Kier alpha value is -2.35. The van der Waals surface area contributed by atoms with Crippen LogP contribution in [0.3, 0.4) is 0 Å². The molecule has 9 heteroatoms. The summed E-state index contributed by atoms with van der Waals surface area (Å²) in [4.78, 5) is 17.5. The minimum Gasteiger partial charge on any atom is -0.352 e. The lowest BCUT2D eigenvalue weighted by molar-refractivity contribution is 0.208. The van der Waals surface area contributed by atoms with Crippen LogP contribution in [0.25, 0.3) is 10.6 Å². The van der Waals surface area contributed by atoms with Crippen LogP contribution in [-0.4, -0.2) is 47.3 Å². The maximum absolute atomic E-state index is 12.5. The van der Waals surface area contributed by atoms with Crippen LogP contribution in [0.2, 0.25) is 10.0 Å². The monoisotopic (exact) mass is 433 g/mol. The number of hydrogen-bond acceptors (Lipinski definition) is 5. The number of benzene rings is 1. The fourth-order valence-corrected chi connectivity index (χ4v) is 4.00. The summed E-state index contributed by atoms with van der Waals surface area (Å²) in [5.41, 5.74) is 1.38. The molecule has 1 fully saturated rings. The molecule has 3 aromatic rings. The van der Waals surface area contributed by atoms with Crippen molar-refractivity contribution in [1.82, 2.24) is 15.1 Å². The van der Waals surface area contributed by atoms with E-state index in [1.165, 1.54) is 0 Å². The molecule has 4 rings (SSSR count). The fourth-order valence-electron chi connectivity index (χ4n) is 2.98. The molecule has 0 spiro atoms. The van der Waals surface area contributed by atoms with Crippen LogP contribution in [0.1, 0.15) is 0 Å². The van der Waals surface area contributed by atoms with Gasteiger partial charge in [0.25, 0.3) is 0 Å². The third kappa shape index (κ3) is 4.22. The zero-order chi connectivity index (χ0) is 19.5. The molecule has 0 saturated carbocycles. The topological polar surface area (TPSA) is 61.4 Å². The van der Waals surface area contributed by atoms with Crippen molar-refractivity contribution < 1.29 is 4.79 Å². The molecule has 1 aromatic carbocycles. The molecular formula is C19H17Cl2N5OS. The maximum Gasteiger partial charge on any atom is 0.322 e. The van der Waals surface area contributed by atoms with E-state index in [9.17, 15) is 4.79 Å². The molecule has 1 aliphatic heterocycles. The Bertz CT molecular complexity index is 957. The number of rotatable bonds is 3. The Morgan fingerprint density at radius 2 is 1.86 bits per heavy atom. The van der Waals surface area contributed by atoms with Crippen molar-refractivity contribution >= 4 is 52.1 Å². The number of aromatic nitrogens is 2. The van der Waals surface area contributed by atoms with Gasteiger partial charge in [-0.1, -0.05) is 29.3 Å². The van der Waals surface area contributed by atoms with Crippen LogP contribution in [-0.2, 0) is 0 Å². The molecule has 0 unspecified atom stereocenters. The first-order chi connectivity index (χ1) is 13.6. The van der Waals surface area contributed by atoms with Crippen LogP contribution >= 0.6 is 34.5 Å². The second-order valence-electron chi connectivity index (χ2n) is 6.28. The number of carbonyl (C=O) groups excluding carboxylic acids is 1. The molecule has 0 radical (unpaired) electrons. The Morgan fingerprint density at radius 3 is 2.54 bits per heavy atom. The first-order valence-corrected chi connectivity index (χ1v) is 10.4. The predicted molar refractivity (Wildman–Crippen MR) is 115 cm³/mol. The molecule has 1 N–H and O–H groups in total. The summed E-state index contributed by atoms with van der Waals surface area (Å²) in [6.45, 7) is 2.53. The quantitative estimate of drug-likeness (QED) is 0.639. The van der Waals surface area contributed by atoms with E-state index in [0.717, 1.165) is 16.4 Å². The number of carbonyl (C=O) groups is 1. The summed E-state index contributed by atoms with van der Waals surface area (Å²) in [6.07, 6.45) is 0. The van der Waals surface area contributed by atoms with E-state index in [4.69, 9.17) is 23.2 Å². The SMILES string of the molecule is O=C(Nc1cc(Cl)ccc1Cl)N1CCN(c2ccc(-c3cccs3)nn2)CC1. The molecule has 2 amide bonds. The molecule has 144 valence electrons. The van der Waals surface area contributed by atoms with Gasteiger partial charge in [-0.05, 0) is 41.8 Å². The third-order valence-electron chi connectivity index (χ3n) is 4.48. The highest BCUT2D eigenvalue weighted by Crippen LogP contribution is 2.26. The average molecular weight is 434 g/mol. The second-order valence-corrected chi connectivity index (χ2v) is 8.07. The van der Waals surface area contributed by atoms with E-state index in [1.54, 1.807) is 34.4 Å². The zero-order valence-corrected chi connectivity index (χ0v) is 17.1. The summed E-state index contributed by atoms with van der Waals surface area (Å²) in [5.74, 6) is 0.818. The summed E-state index contributed by atoms with van der Waals surface area (Å²) >= 11 is 13.7. The average Bonchev–Trinajstić information content (AvgIpc) is 3.26. The Morgan fingerprint density at radius 1 is 1.04 bits per heavy atom. The largest absolute Gasteiger partial charge is 0.352 e.